The predicted octanol–water partition coefficient (Wildman–Crippen LogP) is 4.58. The number of hydrogen-bond donors (Lipinski definition) is 2. The van der Waals surface area contributed by atoms with Crippen molar-refractivity contribution < 1.29 is 50.6 Å². The van der Waals surface area contributed by atoms with E-state index in [4.69, 9.17) is 24.2 Å². The Hall–Kier alpha value is -4.60. The van der Waals surface area contributed by atoms with Gasteiger partial charge in [-0.05, 0) is 12.1 Å². The quantitative estimate of drug-likeness (QED) is 0.330. The number of hydrogen-bond acceptors (Lipinski definition) is 7. The van der Waals surface area contributed by atoms with Gasteiger partial charge >= 0.3 is 24.3 Å². The molecule has 0 amide bonds. The van der Waals surface area contributed by atoms with Crippen molar-refractivity contribution in [3.8, 4) is 11.3 Å². The number of aromatic nitrogens is 3. The summed E-state index contributed by atoms with van der Waals surface area (Å²) in [6.07, 6.45) is -2.64. The minimum atomic E-state index is -5.08. The van der Waals surface area contributed by atoms with Crippen LogP contribution in [0.25, 0.3) is 16.9 Å². The van der Waals surface area contributed by atoms with Crippen molar-refractivity contribution in [2.75, 3.05) is 31.1 Å². The van der Waals surface area contributed by atoms with E-state index in [1.54, 1.807) is 6.26 Å². The molecule has 5 rings (SSSR count). The third kappa shape index (κ3) is 8.69. The van der Waals surface area contributed by atoms with E-state index in [1.165, 1.54) is 0 Å². The Kier molecular flexibility index (Phi) is 9.94. The van der Waals surface area contributed by atoms with Crippen LogP contribution in [0, 0.1) is 0 Å². The first-order valence-corrected chi connectivity index (χ1v) is 11.7. The largest absolute Gasteiger partial charge is 0.490 e. The second kappa shape index (κ2) is 13.2. The summed E-state index contributed by atoms with van der Waals surface area (Å²) in [5.74, 6) is -3.54. The summed E-state index contributed by atoms with van der Waals surface area (Å²) < 4.78 is 71.1. The third-order valence-electron chi connectivity index (χ3n) is 5.60. The predicted molar refractivity (Wildman–Crippen MR) is 132 cm³/mol. The Balaban J connectivity index is 0.000000276. The molecule has 0 unspecified atom stereocenters. The van der Waals surface area contributed by atoms with Crippen LogP contribution >= 0.6 is 0 Å². The summed E-state index contributed by atoms with van der Waals surface area (Å²) in [6, 6.07) is 14.3. The van der Waals surface area contributed by atoms with Gasteiger partial charge in [-0.3, -0.25) is 9.30 Å². The number of carboxylic acids is 2. The number of aliphatic carboxylic acids is 2. The van der Waals surface area contributed by atoms with Gasteiger partial charge in [-0.2, -0.15) is 26.3 Å². The van der Waals surface area contributed by atoms with E-state index < -0.39 is 24.3 Å². The maximum atomic E-state index is 10.6. The average molecular weight is 587 g/mol. The number of halogens is 6. The summed E-state index contributed by atoms with van der Waals surface area (Å²) in [6.45, 7) is 4.69. The minimum absolute atomic E-state index is 0.861. The lowest BCUT2D eigenvalue weighted by Crippen LogP contribution is -2.46. The Labute approximate surface area is 228 Å². The van der Waals surface area contributed by atoms with Crippen LogP contribution in [-0.2, 0) is 16.1 Å². The molecule has 1 saturated heterocycles. The standard InChI is InChI=1S/C21H21N5O.2C2HF3O2/c1-2-5-17(6-3-1)19-15-23-21-20(22-8-9-26(19)21)25-12-10-24(11-13-25)16-18-7-4-14-27-18;2*3-2(4,5)1(6)7/h1-9,14-15H,10-13,16H2;2*(H,6,7). The number of anilines is 1. The monoisotopic (exact) mass is 587 g/mol. The molecule has 4 heterocycles. The van der Waals surface area contributed by atoms with Gasteiger partial charge in [0.15, 0.2) is 11.5 Å². The van der Waals surface area contributed by atoms with E-state index in [-0.39, 0.29) is 0 Å². The molecular formula is C25H23F6N5O5. The number of carboxylic acid groups (broad SMARTS) is 2. The second-order valence-corrected chi connectivity index (χ2v) is 8.40. The summed E-state index contributed by atoms with van der Waals surface area (Å²) in [4.78, 5) is 31.9. The van der Waals surface area contributed by atoms with Gasteiger partial charge in [0.25, 0.3) is 0 Å². The Morgan fingerprint density at radius 3 is 1.95 bits per heavy atom. The molecule has 0 atom stereocenters. The zero-order valence-electron chi connectivity index (χ0n) is 21.0. The molecule has 0 radical (unpaired) electrons. The number of alkyl halides is 6. The minimum Gasteiger partial charge on any atom is -0.475 e. The number of carbonyl (C=O) groups is 2. The van der Waals surface area contributed by atoms with Crippen molar-refractivity contribution in [2.45, 2.75) is 18.9 Å². The molecule has 0 bridgehead atoms. The van der Waals surface area contributed by atoms with Crippen LogP contribution < -0.4 is 4.90 Å². The molecule has 0 spiro atoms. The maximum absolute atomic E-state index is 10.6. The SMILES string of the molecule is O=C(O)C(F)(F)F.O=C(O)C(F)(F)F.c1ccc(-c2cnc3c(N4CCN(Cc5ccco5)CC4)nccn23)cc1. The fraction of sp³-hybridized carbons (Fsp3) is 0.280. The van der Waals surface area contributed by atoms with Gasteiger partial charge in [-0.25, -0.2) is 19.6 Å². The maximum Gasteiger partial charge on any atom is 0.490 e. The van der Waals surface area contributed by atoms with E-state index >= 15 is 0 Å². The molecule has 2 N–H and O–H groups in total. The van der Waals surface area contributed by atoms with Gasteiger partial charge in [-0.15, -0.1) is 0 Å². The summed E-state index contributed by atoms with van der Waals surface area (Å²) >= 11 is 0. The van der Waals surface area contributed by atoms with Crippen molar-refractivity contribution in [3.63, 3.8) is 0 Å². The molecule has 3 aromatic heterocycles. The molecule has 4 aromatic rings. The van der Waals surface area contributed by atoms with Gasteiger partial charge in [0.05, 0.1) is 24.7 Å². The number of nitrogens with zero attached hydrogens (tertiary/aromatic N) is 5. The van der Waals surface area contributed by atoms with Crippen LogP contribution in [0.1, 0.15) is 5.76 Å². The average Bonchev–Trinajstić information content (AvgIpc) is 3.59. The first kappa shape index (κ1) is 30.9. The molecule has 10 nitrogen and oxygen atoms in total. The van der Waals surface area contributed by atoms with Crippen molar-refractivity contribution in [2.24, 2.45) is 0 Å². The van der Waals surface area contributed by atoms with E-state index in [0.717, 1.165) is 61.2 Å². The van der Waals surface area contributed by atoms with Crippen LogP contribution in [0.3, 0.4) is 0 Å². The highest BCUT2D eigenvalue weighted by Crippen LogP contribution is 2.26. The molecule has 1 aromatic carbocycles. The highest BCUT2D eigenvalue weighted by Gasteiger charge is 2.38. The normalized spacial score (nSPS) is 14.0. The number of rotatable bonds is 4. The number of piperazine rings is 1. The number of furan rings is 1. The second-order valence-electron chi connectivity index (χ2n) is 8.40. The smallest absolute Gasteiger partial charge is 0.475 e. The Morgan fingerprint density at radius 1 is 0.854 bits per heavy atom. The van der Waals surface area contributed by atoms with Gasteiger partial charge in [0.2, 0.25) is 0 Å². The van der Waals surface area contributed by atoms with Crippen molar-refractivity contribution in [3.05, 3.63) is 73.1 Å². The van der Waals surface area contributed by atoms with E-state index in [9.17, 15) is 26.3 Å². The highest BCUT2D eigenvalue weighted by molar-refractivity contribution is 5.73. The lowest BCUT2D eigenvalue weighted by atomic mass is 10.2. The lowest BCUT2D eigenvalue weighted by molar-refractivity contribution is -0.193. The summed E-state index contributed by atoms with van der Waals surface area (Å²) in [5.41, 5.74) is 3.16. The summed E-state index contributed by atoms with van der Waals surface area (Å²) in [7, 11) is 0. The van der Waals surface area contributed by atoms with E-state index in [1.807, 2.05) is 36.8 Å². The van der Waals surface area contributed by atoms with Crippen molar-refractivity contribution in [1.82, 2.24) is 19.3 Å². The first-order valence-electron chi connectivity index (χ1n) is 11.7. The molecule has 220 valence electrons. The molecule has 16 heteroatoms. The van der Waals surface area contributed by atoms with Crippen molar-refractivity contribution >= 4 is 23.4 Å². The van der Waals surface area contributed by atoms with E-state index in [0.29, 0.717) is 0 Å². The number of fused-ring (bicyclic) bond motifs is 1. The molecule has 0 saturated carbocycles. The van der Waals surface area contributed by atoms with Gasteiger partial charge in [0.1, 0.15) is 5.76 Å². The first-order chi connectivity index (χ1) is 19.3. The molecular weight excluding hydrogens is 564 g/mol. The van der Waals surface area contributed by atoms with E-state index in [2.05, 4.69) is 48.4 Å². The van der Waals surface area contributed by atoms with Gasteiger partial charge in [0, 0.05) is 44.1 Å². The lowest BCUT2D eigenvalue weighted by Gasteiger charge is -2.34. The van der Waals surface area contributed by atoms with Crippen LogP contribution in [-0.4, -0.2) is 80.0 Å². The number of benzene rings is 1. The highest BCUT2D eigenvalue weighted by atomic mass is 19.4. The zero-order chi connectivity index (χ0) is 30.2. The molecule has 1 fully saturated rings. The van der Waals surface area contributed by atoms with Gasteiger partial charge < -0.3 is 19.5 Å². The summed E-state index contributed by atoms with van der Waals surface area (Å²) in [5, 5.41) is 14.2. The van der Waals surface area contributed by atoms with Crippen LogP contribution in [0.5, 0.6) is 0 Å². The molecule has 1 aliphatic heterocycles. The van der Waals surface area contributed by atoms with Gasteiger partial charge in [-0.1, -0.05) is 30.3 Å². The number of imidazole rings is 1. The molecule has 1 aliphatic rings. The third-order valence-corrected chi connectivity index (χ3v) is 5.60. The van der Waals surface area contributed by atoms with Crippen LogP contribution in [0.4, 0.5) is 32.2 Å². The zero-order valence-corrected chi connectivity index (χ0v) is 21.0. The Bertz CT molecular complexity index is 1390. The van der Waals surface area contributed by atoms with Crippen LogP contribution in [0.15, 0.2) is 71.7 Å². The van der Waals surface area contributed by atoms with Crippen molar-refractivity contribution in [1.29, 1.82) is 0 Å². The fourth-order valence-corrected chi connectivity index (χ4v) is 3.69. The van der Waals surface area contributed by atoms with Crippen LogP contribution in [0.2, 0.25) is 0 Å². The fourth-order valence-electron chi connectivity index (χ4n) is 3.69. The topological polar surface area (TPSA) is 124 Å². The molecule has 41 heavy (non-hydrogen) atoms. The molecule has 0 aliphatic carbocycles. The Morgan fingerprint density at radius 2 is 1.44 bits per heavy atom.